The molecule has 5 rings (SSSR count). The molecule has 1 aromatic carbocycles. The molecular formula is C24H23N5. The molecule has 29 heavy (non-hydrogen) atoms. The number of nitrogens with one attached hydrogen (secondary N) is 1. The van der Waals surface area contributed by atoms with Crippen LogP contribution in [0.1, 0.15) is 31.3 Å². The lowest BCUT2D eigenvalue weighted by Crippen LogP contribution is -2.02. The molecule has 5 aromatic rings. The largest absolute Gasteiger partial charge is 0.346 e. The summed E-state index contributed by atoms with van der Waals surface area (Å²) >= 11 is 0. The molecule has 0 aliphatic heterocycles. The van der Waals surface area contributed by atoms with Crippen molar-refractivity contribution in [2.75, 3.05) is 0 Å². The van der Waals surface area contributed by atoms with Gasteiger partial charge in [0.2, 0.25) is 0 Å². The van der Waals surface area contributed by atoms with E-state index in [1.54, 1.807) is 0 Å². The lowest BCUT2D eigenvalue weighted by atomic mass is 10.00. The Morgan fingerprint density at radius 1 is 0.931 bits per heavy atom. The summed E-state index contributed by atoms with van der Waals surface area (Å²) in [4.78, 5) is 17.2. The molecule has 4 aromatic heterocycles. The van der Waals surface area contributed by atoms with E-state index in [0.717, 1.165) is 44.7 Å². The molecule has 4 heterocycles. The van der Waals surface area contributed by atoms with E-state index in [4.69, 9.17) is 0 Å². The molecule has 0 fully saturated rings. The van der Waals surface area contributed by atoms with Crippen molar-refractivity contribution in [3.63, 3.8) is 0 Å². The number of aromatic nitrogens is 5. The second-order valence-electron chi connectivity index (χ2n) is 7.83. The van der Waals surface area contributed by atoms with Gasteiger partial charge in [0.05, 0.1) is 5.52 Å². The molecule has 0 aliphatic rings. The first-order valence-corrected chi connectivity index (χ1v) is 9.91. The van der Waals surface area contributed by atoms with E-state index in [1.807, 2.05) is 25.5 Å². The van der Waals surface area contributed by atoms with Crippen molar-refractivity contribution in [2.45, 2.75) is 33.7 Å². The average molecular weight is 381 g/mol. The van der Waals surface area contributed by atoms with Crippen molar-refractivity contribution < 1.29 is 0 Å². The Balaban J connectivity index is 1.70. The number of aromatic amines is 1. The number of imidazole rings is 1. The molecule has 0 atom stereocenters. The fourth-order valence-corrected chi connectivity index (χ4v) is 4.18. The molecule has 0 saturated heterocycles. The Labute approximate surface area is 169 Å². The zero-order valence-corrected chi connectivity index (χ0v) is 17.1. The quantitative estimate of drug-likeness (QED) is 0.427. The molecule has 0 amide bonds. The van der Waals surface area contributed by atoms with Crippen molar-refractivity contribution in [1.82, 2.24) is 24.5 Å². The summed E-state index contributed by atoms with van der Waals surface area (Å²) in [5.74, 6) is 0.988. The average Bonchev–Trinajstić information content (AvgIpc) is 3.27. The number of benzene rings is 1. The molecule has 5 heteroatoms. The molecule has 0 saturated carbocycles. The van der Waals surface area contributed by atoms with E-state index in [0.29, 0.717) is 6.04 Å². The number of pyridine rings is 2. The van der Waals surface area contributed by atoms with Crippen LogP contribution in [0.2, 0.25) is 0 Å². The summed E-state index contributed by atoms with van der Waals surface area (Å²) in [6.07, 6.45) is 5.86. The second-order valence-corrected chi connectivity index (χ2v) is 7.83. The highest BCUT2D eigenvalue weighted by Gasteiger charge is 2.15. The maximum absolute atomic E-state index is 4.66. The smallest absolute Gasteiger partial charge is 0.177 e. The summed E-state index contributed by atoms with van der Waals surface area (Å²) < 4.78 is 2.23. The van der Waals surface area contributed by atoms with Crippen molar-refractivity contribution in [3.8, 4) is 22.3 Å². The van der Waals surface area contributed by atoms with Crippen LogP contribution in [-0.2, 0) is 0 Å². The fourth-order valence-electron chi connectivity index (χ4n) is 4.18. The van der Waals surface area contributed by atoms with Gasteiger partial charge in [-0.25, -0.2) is 15.0 Å². The van der Waals surface area contributed by atoms with Gasteiger partial charge in [-0.15, -0.1) is 0 Å². The summed E-state index contributed by atoms with van der Waals surface area (Å²) in [5.41, 5.74) is 8.47. The first-order chi connectivity index (χ1) is 14.0. The molecular weight excluding hydrogens is 358 g/mol. The van der Waals surface area contributed by atoms with Gasteiger partial charge in [-0.05, 0) is 51.0 Å². The molecule has 5 nitrogen and oxygen atoms in total. The van der Waals surface area contributed by atoms with Gasteiger partial charge >= 0.3 is 0 Å². The fraction of sp³-hybridized carbons (Fsp3) is 0.208. The van der Waals surface area contributed by atoms with E-state index in [9.17, 15) is 0 Å². The first-order valence-electron chi connectivity index (χ1n) is 9.91. The van der Waals surface area contributed by atoms with Crippen LogP contribution >= 0.6 is 0 Å². The summed E-state index contributed by atoms with van der Waals surface area (Å²) in [6, 6.07) is 13.1. The zero-order chi connectivity index (χ0) is 20.1. The van der Waals surface area contributed by atoms with E-state index in [1.165, 1.54) is 11.1 Å². The molecule has 0 radical (unpaired) electrons. The topological polar surface area (TPSA) is 59.4 Å². The van der Waals surface area contributed by atoms with Crippen molar-refractivity contribution in [3.05, 3.63) is 66.4 Å². The van der Waals surface area contributed by atoms with E-state index >= 15 is 0 Å². The van der Waals surface area contributed by atoms with Crippen LogP contribution in [0, 0.1) is 13.8 Å². The lowest BCUT2D eigenvalue weighted by Gasteiger charge is -2.11. The van der Waals surface area contributed by atoms with E-state index < -0.39 is 0 Å². The number of rotatable bonds is 3. The minimum Gasteiger partial charge on any atom is -0.346 e. The highest BCUT2D eigenvalue weighted by atomic mass is 15.1. The van der Waals surface area contributed by atoms with Crippen LogP contribution in [0.5, 0.6) is 0 Å². The SMILES string of the molecule is Cc1ccccc1-c1cnc2[nH]cc(-c3cnc4nc(C)n(C(C)C)c4c3)c2c1. The number of hydrogen-bond donors (Lipinski definition) is 1. The van der Waals surface area contributed by atoms with Crippen LogP contribution in [0.25, 0.3) is 44.5 Å². The minimum atomic E-state index is 0.328. The number of hydrogen-bond acceptors (Lipinski definition) is 3. The van der Waals surface area contributed by atoms with Gasteiger partial charge in [0, 0.05) is 46.7 Å². The normalized spacial score (nSPS) is 11.8. The van der Waals surface area contributed by atoms with Gasteiger partial charge in [0.25, 0.3) is 0 Å². The van der Waals surface area contributed by atoms with E-state index in [-0.39, 0.29) is 0 Å². The highest BCUT2D eigenvalue weighted by Crippen LogP contribution is 2.33. The maximum atomic E-state index is 4.66. The summed E-state index contributed by atoms with van der Waals surface area (Å²) in [5, 5.41) is 1.10. The second kappa shape index (κ2) is 6.55. The number of fused-ring (bicyclic) bond motifs is 2. The predicted octanol–water partition coefficient (Wildman–Crippen LogP) is 5.84. The molecule has 0 unspecified atom stereocenters. The summed E-state index contributed by atoms with van der Waals surface area (Å²) in [6.45, 7) is 8.51. The Morgan fingerprint density at radius 2 is 1.69 bits per heavy atom. The third-order valence-corrected chi connectivity index (χ3v) is 5.54. The van der Waals surface area contributed by atoms with E-state index in [2.05, 4.69) is 81.7 Å². The number of nitrogens with zero attached hydrogens (tertiary/aromatic N) is 4. The third-order valence-electron chi connectivity index (χ3n) is 5.54. The zero-order valence-electron chi connectivity index (χ0n) is 17.1. The van der Waals surface area contributed by atoms with Crippen LogP contribution in [0.3, 0.4) is 0 Å². The number of H-pyrrole nitrogens is 1. The summed E-state index contributed by atoms with van der Waals surface area (Å²) in [7, 11) is 0. The van der Waals surface area contributed by atoms with Gasteiger partial charge in [-0.2, -0.15) is 0 Å². The molecule has 0 spiro atoms. The Hall–Kier alpha value is -3.47. The Morgan fingerprint density at radius 3 is 2.48 bits per heavy atom. The molecule has 144 valence electrons. The van der Waals surface area contributed by atoms with Crippen molar-refractivity contribution in [2.24, 2.45) is 0 Å². The lowest BCUT2D eigenvalue weighted by molar-refractivity contribution is 0.600. The predicted molar refractivity (Wildman–Crippen MR) is 118 cm³/mol. The van der Waals surface area contributed by atoms with Gasteiger partial charge < -0.3 is 9.55 Å². The molecule has 0 aliphatic carbocycles. The molecule has 0 bridgehead atoms. The van der Waals surface area contributed by atoms with Crippen LogP contribution in [-0.4, -0.2) is 24.5 Å². The third kappa shape index (κ3) is 2.81. The van der Waals surface area contributed by atoms with Crippen molar-refractivity contribution in [1.29, 1.82) is 0 Å². The maximum Gasteiger partial charge on any atom is 0.177 e. The van der Waals surface area contributed by atoms with Crippen LogP contribution in [0.15, 0.2) is 55.0 Å². The van der Waals surface area contributed by atoms with Crippen LogP contribution < -0.4 is 0 Å². The Kier molecular flexibility index (Phi) is 3.98. The molecule has 1 N–H and O–H groups in total. The first kappa shape index (κ1) is 17.6. The number of aryl methyl sites for hydroxylation is 2. The Bertz CT molecular complexity index is 1360. The van der Waals surface area contributed by atoms with Gasteiger partial charge in [0.1, 0.15) is 11.5 Å². The van der Waals surface area contributed by atoms with Gasteiger partial charge in [0.15, 0.2) is 5.65 Å². The van der Waals surface area contributed by atoms with Crippen LogP contribution in [0.4, 0.5) is 0 Å². The monoisotopic (exact) mass is 381 g/mol. The minimum absolute atomic E-state index is 0.328. The highest BCUT2D eigenvalue weighted by molar-refractivity contribution is 5.97. The van der Waals surface area contributed by atoms with Gasteiger partial charge in [-0.3, -0.25) is 0 Å². The van der Waals surface area contributed by atoms with Crippen molar-refractivity contribution >= 4 is 22.2 Å². The van der Waals surface area contributed by atoms with Gasteiger partial charge in [-0.1, -0.05) is 24.3 Å². The standard InChI is InChI=1S/C24H23N5/c1-14(2)29-16(4)28-24-22(29)10-18(12-26-24)21-13-27-23-20(21)9-17(11-25-23)19-8-6-5-7-15(19)3/h5-14H,1-4H3,(H,25,27).